The molecule has 2 heterocycles. The Hall–Kier alpha value is -2.12. The number of hydroxylamine groups is 2. The maximum Gasteiger partial charge on any atom is 0.326 e. The summed E-state index contributed by atoms with van der Waals surface area (Å²) in [7, 11) is 0. The second-order valence-corrected chi connectivity index (χ2v) is 7.19. The highest BCUT2D eigenvalue weighted by molar-refractivity contribution is 5.75. The minimum absolute atomic E-state index is 0.172. The summed E-state index contributed by atoms with van der Waals surface area (Å²) in [5.74, 6) is -0.933. The van der Waals surface area contributed by atoms with Crippen molar-refractivity contribution in [3.63, 3.8) is 0 Å². The summed E-state index contributed by atoms with van der Waals surface area (Å²) in [5, 5.41) is 11.1. The molecule has 1 aromatic heterocycles. The normalized spacial score (nSPS) is 22.8. The van der Waals surface area contributed by atoms with E-state index >= 15 is 0 Å². The number of carbonyl (C=O) groups is 1. The summed E-state index contributed by atoms with van der Waals surface area (Å²) in [6, 6.07) is 6.51. The highest BCUT2D eigenvalue weighted by Crippen LogP contribution is 2.30. The lowest BCUT2D eigenvalue weighted by molar-refractivity contribution is -0.260. The van der Waals surface area contributed by atoms with E-state index in [-0.39, 0.29) is 11.7 Å². The van der Waals surface area contributed by atoms with Crippen LogP contribution in [0.2, 0.25) is 0 Å². The van der Waals surface area contributed by atoms with Gasteiger partial charge in [0.05, 0.1) is 16.6 Å². The van der Waals surface area contributed by atoms with Gasteiger partial charge in [0, 0.05) is 12.6 Å². The van der Waals surface area contributed by atoms with Crippen molar-refractivity contribution in [1.82, 2.24) is 14.6 Å². The van der Waals surface area contributed by atoms with E-state index < -0.39 is 17.6 Å². The summed E-state index contributed by atoms with van der Waals surface area (Å²) in [6.07, 6.45) is 0.981. The van der Waals surface area contributed by atoms with Gasteiger partial charge in [-0.05, 0) is 45.7 Å². The number of rotatable bonds is 3. The molecule has 2 aromatic rings. The lowest BCUT2D eigenvalue weighted by atomic mass is 9.98. The minimum atomic E-state index is -0.933. The Morgan fingerprint density at radius 1 is 1.33 bits per heavy atom. The number of imidazole rings is 1. The number of aromatic amines is 1. The zero-order valence-electron chi connectivity index (χ0n) is 14.2. The number of nitrogens with zero attached hydrogens (tertiary/aromatic N) is 2. The molecule has 7 heteroatoms. The lowest BCUT2D eigenvalue weighted by Gasteiger charge is -2.39. The van der Waals surface area contributed by atoms with Gasteiger partial charge >= 0.3 is 11.7 Å². The van der Waals surface area contributed by atoms with Crippen molar-refractivity contribution in [2.24, 2.45) is 0 Å². The number of hydrogen-bond donors (Lipinski definition) is 2. The second kappa shape index (κ2) is 6.07. The van der Waals surface area contributed by atoms with Crippen LogP contribution < -0.4 is 5.69 Å². The first-order valence-electron chi connectivity index (χ1n) is 8.14. The van der Waals surface area contributed by atoms with Crippen LogP contribution >= 0.6 is 0 Å². The number of hydrogen-bond acceptors (Lipinski definition) is 4. The molecular weight excluding hydrogens is 310 g/mol. The molecule has 1 aliphatic rings. The molecule has 3 rings (SSSR count). The van der Waals surface area contributed by atoms with Crippen LogP contribution in [0, 0.1) is 0 Å². The molecule has 1 aliphatic heterocycles. The Labute approximate surface area is 139 Å². The third-order valence-electron chi connectivity index (χ3n) is 4.19. The standard InChI is InChI=1S/C17H23N3O4/c1-17(2,3)24-19-9-8-11(10-14(19)15(21)22)20-13-7-5-4-6-12(13)18-16(20)23/h4-7,11,14H,8-10H2,1-3H3,(H,18,23)(H,21,22). The zero-order valence-corrected chi connectivity index (χ0v) is 14.2. The number of para-hydroxylation sites is 2. The van der Waals surface area contributed by atoms with Gasteiger partial charge in [0.1, 0.15) is 6.04 Å². The van der Waals surface area contributed by atoms with Gasteiger partial charge in [0.15, 0.2) is 0 Å². The molecule has 0 bridgehead atoms. The molecule has 1 aromatic carbocycles. The van der Waals surface area contributed by atoms with Gasteiger partial charge in [-0.2, -0.15) is 5.06 Å². The molecule has 1 fully saturated rings. The third kappa shape index (κ3) is 3.22. The number of aliphatic carboxylic acids is 1. The average molecular weight is 333 g/mol. The first-order chi connectivity index (χ1) is 11.3. The Morgan fingerprint density at radius 2 is 2.04 bits per heavy atom. The zero-order chi connectivity index (χ0) is 17.5. The van der Waals surface area contributed by atoms with Crippen LogP contribution in [0.4, 0.5) is 0 Å². The molecule has 2 atom stereocenters. The first-order valence-corrected chi connectivity index (χ1v) is 8.14. The maximum absolute atomic E-state index is 12.3. The van der Waals surface area contributed by atoms with Gasteiger partial charge < -0.3 is 10.1 Å². The molecule has 0 radical (unpaired) electrons. The minimum Gasteiger partial charge on any atom is -0.480 e. The number of piperidine rings is 1. The number of carboxylic acids is 1. The van der Waals surface area contributed by atoms with Crippen LogP contribution in [0.1, 0.15) is 39.7 Å². The van der Waals surface area contributed by atoms with E-state index in [4.69, 9.17) is 4.84 Å². The fourth-order valence-corrected chi connectivity index (χ4v) is 3.28. The largest absolute Gasteiger partial charge is 0.480 e. The fourth-order valence-electron chi connectivity index (χ4n) is 3.28. The third-order valence-corrected chi connectivity index (χ3v) is 4.19. The molecule has 1 saturated heterocycles. The Bertz CT molecular complexity index is 802. The van der Waals surface area contributed by atoms with Gasteiger partial charge in [-0.15, -0.1) is 0 Å². The van der Waals surface area contributed by atoms with Crippen LogP contribution in [-0.4, -0.2) is 43.9 Å². The molecule has 24 heavy (non-hydrogen) atoms. The van der Waals surface area contributed by atoms with E-state index in [1.807, 2.05) is 45.0 Å². The molecule has 130 valence electrons. The molecule has 0 amide bonds. The van der Waals surface area contributed by atoms with Crippen molar-refractivity contribution in [2.75, 3.05) is 6.54 Å². The topological polar surface area (TPSA) is 87.6 Å². The van der Waals surface area contributed by atoms with Crippen LogP contribution in [-0.2, 0) is 9.63 Å². The summed E-state index contributed by atoms with van der Waals surface area (Å²) >= 11 is 0. The van der Waals surface area contributed by atoms with Crippen molar-refractivity contribution < 1.29 is 14.7 Å². The maximum atomic E-state index is 12.3. The summed E-state index contributed by atoms with van der Waals surface area (Å²) in [4.78, 5) is 32.7. The predicted octanol–water partition coefficient (Wildman–Crippen LogP) is 2.15. The van der Waals surface area contributed by atoms with Crippen LogP contribution in [0.25, 0.3) is 11.0 Å². The SMILES string of the molecule is CC(C)(C)ON1CCC(n2c(=O)[nH]c3ccccc32)CC1C(=O)O. The number of benzene rings is 1. The van der Waals surface area contributed by atoms with Gasteiger partial charge in [0.2, 0.25) is 0 Å². The number of nitrogens with one attached hydrogen (secondary N) is 1. The van der Waals surface area contributed by atoms with Crippen molar-refractivity contribution in [3.05, 3.63) is 34.7 Å². The summed E-state index contributed by atoms with van der Waals surface area (Å²) < 4.78 is 1.68. The van der Waals surface area contributed by atoms with Crippen LogP contribution in [0.3, 0.4) is 0 Å². The number of fused-ring (bicyclic) bond motifs is 1. The van der Waals surface area contributed by atoms with Crippen LogP contribution in [0.15, 0.2) is 29.1 Å². The van der Waals surface area contributed by atoms with E-state index in [2.05, 4.69) is 4.98 Å². The number of H-pyrrole nitrogens is 1. The van der Waals surface area contributed by atoms with Crippen molar-refractivity contribution in [1.29, 1.82) is 0 Å². The summed E-state index contributed by atoms with van der Waals surface area (Å²) in [5.41, 5.74) is 0.915. The molecular formula is C17H23N3O4. The Morgan fingerprint density at radius 3 is 2.71 bits per heavy atom. The average Bonchev–Trinajstić information content (AvgIpc) is 2.82. The molecule has 2 N–H and O–H groups in total. The van der Waals surface area contributed by atoms with Crippen LogP contribution in [0.5, 0.6) is 0 Å². The first kappa shape index (κ1) is 16.7. The predicted molar refractivity (Wildman–Crippen MR) is 89.8 cm³/mol. The van der Waals surface area contributed by atoms with E-state index in [9.17, 15) is 14.7 Å². The van der Waals surface area contributed by atoms with E-state index in [1.165, 1.54) is 0 Å². The number of aromatic nitrogens is 2. The molecule has 0 saturated carbocycles. The highest BCUT2D eigenvalue weighted by atomic mass is 16.7. The van der Waals surface area contributed by atoms with Gasteiger partial charge in [-0.25, -0.2) is 4.79 Å². The number of carboxylic acid groups (broad SMARTS) is 1. The monoisotopic (exact) mass is 333 g/mol. The van der Waals surface area contributed by atoms with Crippen molar-refractivity contribution in [3.8, 4) is 0 Å². The van der Waals surface area contributed by atoms with E-state index in [1.54, 1.807) is 9.63 Å². The van der Waals surface area contributed by atoms with Gasteiger partial charge in [0.25, 0.3) is 0 Å². The second-order valence-electron chi connectivity index (χ2n) is 7.19. The van der Waals surface area contributed by atoms with Gasteiger partial charge in [-0.1, -0.05) is 12.1 Å². The fraction of sp³-hybridized carbons (Fsp3) is 0.529. The van der Waals surface area contributed by atoms with Gasteiger partial charge in [-0.3, -0.25) is 14.2 Å². The molecule has 2 unspecified atom stereocenters. The molecule has 7 nitrogen and oxygen atoms in total. The molecule has 0 spiro atoms. The van der Waals surface area contributed by atoms with E-state index in [0.29, 0.717) is 19.4 Å². The lowest BCUT2D eigenvalue weighted by Crippen LogP contribution is -2.50. The summed E-state index contributed by atoms with van der Waals surface area (Å²) in [6.45, 7) is 6.14. The molecule has 0 aliphatic carbocycles. The quantitative estimate of drug-likeness (QED) is 0.898. The van der Waals surface area contributed by atoms with Crippen molar-refractivity contribution >= 4 is 17.0 Å². The smallest absolute Gasteiger partial charge is 0.326 e. The van der Waals surface area contributed by atoms with E-state index in [0.717, 1.165) is 11.0 Å². The Kier molecular flexibility index (Phi) is 4.23. The highest BCUT2D eigenvalue weighted by Gasteiger charge is 2.37. The Balaban J connectivity index is 1.90. The van der Waals surface area contributed by atoms with Crippen molar-refractivity contribution in [2.45, 2.75) is 51.3 Å².